The lowest BCUT2D eigenvalue weighted by atomic mass is 9.53. The molecule has 0 aromatic heterocycles. The Hall–Kier alpha value is -0.160. The highest BCUT2D eigenvalue weighted by Crippen LogP contribution is 2.55. The first-order chi connectivity index (χ1) is 13.8. The van der Waals surface area contributed by atoms with Crippen LogP contribution in [-0.4, -0.2) is 49.5 Å². The highest BCUT2D eigenvalue weighted by Gasteiger charge is 2.50. The molecule has 6 rings (SSSR count). The Morgan fingerprint density at radius 1 is 0.786 bits per heavy atom. The Bertz CT molecular complexity index is 470. The maximum Gasteiger partial charge on any atom is 0.0483 e. The van der Waals surface area contributed by atoms with Crippen molar-refractivity contribution in [2.24, 2.45) is 23.7 Å². The summed E-state index contributed by atoms with van der Waals surface area (Å²) in [5.41, 5.74) is 0.505. The summed E-state index contributed by atoms with van der Waals surface area (Å²) in [6, 6.07) is 0.887. The van der Waals surface area contributed by atoms with E-state index in [1.54, 1.807) is 0 Å². The van der Waals surface area contributed by atoms with Crippen LogP contribution >= 0.6 is 0 Å². The molecule has 4 nitrogen and oxygen atoms in total. The number of rotatable bonds is 9. The Balaban J connectivity index is 0.936. The Morgan fingerprint density at radius 3 is 2.25 bits per heavy atom. The van der Waals surface area contributed by atoms with Crippen LogP contribution < -0.4 is 16.0 Å². The van der Waals surface area contributed by atoms with Crippen molar-refractivity contribution in [2.75, 3.05) is 33.0 Å². The molecule has 4 heteroatoms. The lowest BCUT2D eigenvalue weighted by Gasteiger charge is -2.57. The van der Waals surface area contributed by atoms with Gasteiger partial charge in [0.25, 0.3) is 0 Å². The van der Waals surface area contributed by atoms with E-state index in [0.717, 1.165) is 56.1 Å². The second-order valence-corrected chi connectivity index (χ2v) is 11.1. The molecule has 28 heavy (non-hydrogen) atoms. The quantitative estimate of drug-likeness (QED) is 0.416. The standard InChI is InChI=1S/C24H44N4/c1-2-7-23-22(5-1)6-3-10-28(23)18-26-9-4-8-25-17-27-24-14-19-11-20(15-24)13-21(12-19)16-24/h19-23,25-27H,1-18H2. The number of hydrogen-bond acceptors (Lipinski definition) is 4. The molecular formula is C24H44N4. The topological polar surface area (TPSA) is 39.3 Å². The fraction of sp³-hybridized carbons (Fsp3) is 1.00. The van der Waals surface area contributed by atoms with Gasteiger partial charge in [-0.2, -0.15) is 0 Å². The van der Waals surface area contributed by atoms with E-state index in [9.17, 15) is 0 Å². The summed E-state index contributed by atoms with van der Waals surface area (Å²) in [7, 11) is 0. The van der Waals surface area contributed by atoms with Crippen molar-refractivity contribution in [3.63, 3.8) is 0 Å². The summed E-state index contributed by atoms with van der Waals surface area (Å²) < 4.78 is 0. The summed E-state index contributed by atoms with van der Waals surface area (Å²) in [6.07, 6.45) is 19.0. The smallest absolute Gasteiger partial charge is 0.0483 e. The molecule has 0 radical (unpaired) electrons. The SMILES string of the molecule is C(CNCNC12CC3CC(CC(C3)C1)C2)CNCN1CCCC2CCCCC21. The molecule has 0 amide bonds. The normalized spacial score (nSPS) is 42.6. The van der Waals surface area contributed by atoms with Gasteiger partial charge in [0, 0.05) is 24.9 Å². The average Bonchev–Trinajstić information content (AvgIpc) is 2.69. The van der Waals surface area contributed by atoms with Gasteiger partial charge in [0.05, 0.1) is 0 Å². The van der Waals surface area contributed by atoms with Gasteiger partial charge in [-0.25, -0.2) is 0 Å². The molecular weight excluding hydrogens is 344 g/mol. The first-order valence-electron chi connectivity index (χ1n) is 12.7. The van der Waals surface area contributed by atoms with Crippen molar-refractivity contribution >= 4 is 0 Å². The van der Waals surface area contributed by atoms with Crippen molar-refractivity contribution < 1.29 is 0 Å². The van der Waals surface area contributed by atoms with E-state index < -0.39 is 0 Å². The fourth-order valence-electron chi connectivity index (χ4n) is 8.15. The lowest BCUT2D eigenvalue weighted by Crippen LogP contribution is -2.59. The zero-order valence-corrected chi connectivity index (χ0v) is 18.1. The third kappa shape index (κ3) is 4.45. The van der Waals surface area contributed by atoms with E-state index in [2.05, 4.69) is 20.9 Å². The molecule has 2 atom stereocenters. The second kappa shape index (κ2) is 8.91. The lowest BCUT2D eigenvalue weighted by molar-refractivity contribution is -0.0203. The van der Waals surface area contributed by atoms with E-state index in [0.29, 0.717) is 5.54 Å². The number of likely N-dealkylation sites (tertiary alicyclic amines) is 1. The van der Waals surface area contributed by atoms with Gasteiger partial charge in [0.15, 0.2) is 0 Å². The van der Waals surface area contributed by atoms with E-state index in [1.165, 1.54) is 90.0 Å². The van der Waals surface area contributed by atoms with Crippen molar-refractivity contribution in [3.8, 4) is 0 Å². The van der Waals surface area contributed by atoms with Gasteiger partial charge < -0.3 is 10.6 Å². The van der Waals surface area contributed by atoms with Crippen molar-refractivity contribution in [1.29, 1.82) is 0 Å². The van der Waals surface area contributed by atoms with Gasteiger partial charge in [-0.15, -0.1) is 0 Å². The molecule has 5 saturated carbocycles. The molecule has 2 unspecified atom stereocenters. The van der Waals surface area contributed by atoms with Crippen LogP contribution in [0.2, 0.25) is 0 Å². The van der Waals surface area contributed by atoms with Crippen LogP contribution in [0.3, 0.4) is 0 Å². The van der Waals surface area contributed by atoms with Crippen LogP contribution in [0.1, 0.15) is 83.5 Å². The number of fused-ring (bicyclic) bond motifs is 1. The van der Waals surface area contributed by atoms with Crippen molar-refractivity contribution in [2.45, 2.75) is 95.1 Å². The summed E-state index contributed by atoms with van der Waals surface area (Å²) in [6.45, 7) is 5.74. The minimum Gasteiger partial charge on any atom is -0.304 e. The molecule has 0 aromatic carbocycles. The van der Waals surface area contributed by atoms with E-state index in [-0.39, 0.29) is 0 Å². The number of nitrogens with one attached hydrogen (secondary N) is 3. The van der Waals surface area contributed by atoms with Gasteiger partial charge >= 0.3 is 0 Å². The van der Waals surface area contributed by atoms with Gasteiger partial charge in [-0.1, -0.05) is 12.8 Å². The van der Waals surface area contributed by atoms with Crippen molar-refractivity contribution in [1.82, 2.24) is 20.9 Å². The molecule has 4 bridgehead atoms. The monoisotopic (exact) mass is 388 g/mol. The summed E-state index contributed by atoms with van der Waals surface area (Å²) in [4.78, 5) is 2.76. The zero-order valence-electron chi connectivity index (χ0n) is 18.1. The van der Waals surface area contributed by atoms with E-state index >= 15 is 0 Å². The van der Waals surface area contributed by atoms with Gasteiger partial charge in [-0.3, -0.25) is 10.2 Å². The molecule has 5 aliphatic carbocycles. The zero-order chi connectivity index (χ0) is 18.8. The summed E-state index contributed by atoms with van der Waals surface area (Å²) >= 11 is 0. The number of piperidine rings is 1. The molecule has 160 valence electrons. The first-order valence-corrected chi connectivity index (χ1v) is 12.7. The number of nitrogens with zero attached hydrogens (tertiary/aromatic N) is 1. The Kier molecular flexibility index (Phi) is 6.30. The van der Waals surface area contributed by atoms with E-state index in [1.807, 2.05) is 0 Å². The largest absolute Gasteiger partial charge is 0.304 e. The molecule has 0 spiro atoms. The third-order valence-electron chi connectivity index (χ3n) is 9.01. The highest BCUT2D eigenvalue weighted by atomic mass is 15.2. The average molecular weight is 389 g/mol. The minimum absolute atomic E-state index is 0.505. The van der Waals surface area contributed by atoms with Crippen LogP contribution in [0.25, 0.3) is 0 Å². The fourth-order valence-corrected chi connectivity index (χ4v) is 8.15. The molecule has 1 saturated heterocycles. The van der Waals surface area contributed by atoms with E-state index in [4.69, 9.17) is 0 Å². The maximum atomic E-state index is 3.96. The number of hydrogen-bond donors (Lipinski definition) is 3. The minimum atomic E-state index is 0.505. The molecule has 6 aliphatic rings. The third-order valence-corrected chi connectivity index (χ3v) is 9.01. The van der Waals surface area contributed by atoms with Gasteiger partial charge in [0.2, 0.25) is 0 Å². The molecule has 6 fully saturated rings. The molecule has 0 aromatic rings. The maximum absolute atomic E-state index is 3.96. The molecule has 3 N–H and O–H groups in total. The van der Waals surface area contributed by atoms with Crippen LogP contribution in [0.5, 0.6) is 0 Å². The summed E-state index contributed by atoms with van der Waals surface area (Å²) in [5.74, 6) is 4.13. The van der Waals surface area contributed by atoms with Gasteiger partial charge in [-0.05, 0) is 114 Å². The Morgan fingerprint density at radius 2 is 1.46 bits per heavy atom. The molecule has 1 aliphatic heterocycles. The Labute approximate surface area is 173 Å². The van der Waals surface area contributed by atoms with Crippen molar-refractivity contribution in [3.05, 3.63) is 0 Å². The first kappa shape index (κ1) is 19.8. The second-order valence-electron chi connectivity index (χ2n) is 11.1. The van der Waals surface area contributed by atoms with Crippen LogP contribution in [0.4, 0.5) is 0 Å². The highest BCUT2D eigenvalue weighted by molar-refractivity contribution is 5.06. The molecule has 1 heterocycles. The summed E-state index contributed by atoms with van der Waals surface area (Å²) in [5, 5.41) is 11.4. The van der Waals surface area contributed by atoms with Gasteiger partial charge in [0.1, 0.15) is 0 Å². The van der Waals surface area contributed by atoms with Crippen LogP contribution in [0, 0.1) is 23.7 Å². The van der Waals surface area contributed by atoms with Crippen LogP contribution in [-0.2, 0) is 0 Å². The predicted octanol–water partition coefficient (Wildman–Crippen LogP) is 3.68. The predicted molar refractivity (Wildman–Crippen MR) is 116 cm³/mol. The van der Waals surface area contributed by atoms with Crippen LogP contribution in [0.15, 0.2) is 0 Å².